The topological polar surface area (TPSA) is 64.1 Å². The molecule has 0 aliphatic heterocycles. The molecule has 1 aliphatic rings. The second kappa shape index (κ2) is 4.61. The highest BCUT2D eigenvalue weighted by atomic mass is 16.3. The molecule has 2 aromatic rings. The lowest BCUT2D eigenvalue weighted by Crippen LogP contribution is -1.99. The smallest absolute Gasteiger partial charge is 0.129 e. The van der Waals surface area contributed by atoms with Crippen LogP contribution in [0.25, 0.3) is 11.1 Å². The number of fused-ring (bicyclic) bond motifs is 1. The Morgan fingerprint density at radius 3 is 2.42 bits per heavy atom. The Bertz CT molecular complexity index is 616. The van der Waals surface area contributed by atoms with Gasteiger partial charge in [0.2, 0.25) is 0 Å². The summed E-state index contributed by atoms with van der Waals surface area (Å²) in [5.74, 6) is 0.893. The maximum atomic E-state index is 10.3. The zero-order chi connectivity index (χ0) is 13.4. The summed E-state index contributed by atoms with van der Waals surface area (Å²) >= 11 is 0. The van der Waals surface area contributed by atoms with Gasteiger partial charge < -0.3 is 10.8 Å². The van der Waals surface area contributed by atoms with Crippen LogP contribution in [0, 0.1) is 0 Å². The van der Waals surface area contributed by atoms with Crippen molar-refractivity contribution in [2.45, 2.75) is 32.1 Å². The third-order valence-electron chi connectivity index (χ3n) is 3.98. The molecule has 100 valence electrons. The number of aromatic nitrogens is 2. The third-order valence-corrected chi connectivity index (χ3v) is 3.98. The first kappa shape index (κ1) is 12.1. The Balaban J connectivity index is 2.12. The number of aryl methyl sites for hydroxylation is 3. The molecule has 0 atom stereocenters. The van der Waals surface area contributed by atoms with Crippen molar-refractivity contribution in [2.24, 2.45) is 7.05 Å². The largest absolute Gasteiger partial charge is 0.507 e. The van der Waals surface area contributed by atoms with Crippen molar-refractivity contribution in [3.05, 3.63) is 29.5 Å². The lowest BCUT2D eigenvalue weighted by atomic mass is 9.96. The summed E-state index contributed by atoms with van der Waals surface area (Å²) in [6.07, 6.45) is 7.56. The van der Waals surface area contributed by atoms with Crippen molar-refractivity contribution >= 4 is 5.82 Å². The Morgan fingerprint density at radius 2 is 1.79 bits per heavy atom. The van der Waals surface area contributed by atoms with Crippen LogP contribution in [0.5, 0.6) is 5.75 Å². The van der Waals surface area contributed by atoms with E-state index in [0.717, 1.165) is 24.0 Å². The number of phenolic OH excluding ortho intramolecular Hbond substituents is 1. The van der Waals surface area contributed by atoms with Crippen molar-refractivity contribution in [2.75, 3.05) is 5.73 Å². The highest BCUT2D eigenvalue weighted by Crippen LogP contribution is 2.36. The van der Waals surface area contributed by atoms with E-state index in [9.17, 15) is 5.11 Å². The first-order valence-electron chi connectivity index (χ1n) is 6.79. The van der Waals surface area contributed by atoms with E-state index in [-0.39, 0.29) is 0 Å². The van der Waals surface area contributed by atoms with Gasteiger partial charge in [0.25, 0.3) is 0 Å². The van der Waals surface area contributed by atoms with Crippen molar-refractivity contribution in [1.29, 1.82) is 0 Å². The number of hydrogen-bond donors (Lipinski definition) is 2. The van der Waals surface area contributed by atoms with Crippen molar-refractivity contribution in [3.8, 4) is 16.9 Å². The Morgan fingerprint density at radius 1 is 1.11 bits per heavy atom. The molecule has 1 aromatic heterocycles. The minimum absolute atomic E-state index is 0.306. The summed E-state index contributed by atoms with van der Waals surface area (Å²) in [5.41, 5.74) is 10.2. The van der Waals surface area contributed by atoms with Gasteiger partial charge in [-0.25, -0.2) is 0 Å². The molecule has 0 saturated heterocycles. The van der Waals surface area contributed by atoms with E-state index in [1.807, 2.05) is 6.07 Å². The number of aromatic hydroxyl groups is 1. The molecular weight excluding hydrogens is 238 g/mol. The summed E-state index contributed by atoms with van der Waals surface area (Å²) in [6, 6.07) is 3.99. The standard InChI is InChI=1S/C15H19N3O/c1-18-15(16)13(9-17-18)12-7-10-5-3-2-4-6-11(10)8-14(12)19/h7-9,19H,2-6,16H2,1H3. The van der Waals surface area contributed by atoms with Crippen LogP contribution in [0.3, 0.4) is 0 Å². The molecule has 0 spiro atoms. The van der Waals surface area contributed by atoms with E-state index in [0.29, 0.717) is 11.6 Å². The minimum atomic E-state index is 0.306. The molecule has 1 aliphatic carbocycles. The molecule has 0 fully saturated rings. The van der Waals surface area contributed by atoms with Gasteiger partial charge in [0, 0.05) is 18.2 Å². The number of nitrogen functional groups attached to an aromatic ring is 1. The fourth-order valence-corrected chi connectivity index (χ4v) is 2.82. The average molecular weight is 257 g/mol. The number of anilines is 1. The number of phenols is 1. The minimum Gasteiger partial charge on any atom is -0.507 e. The lowest BCUT2D eigenvalue weighted by molar-refractivity contribution is 0.476. The molecule has 4 nitrogen and oxygen atoms in total. The molecule has 19 heavy (non-hydrogen) atoms. The SMILES string of the molecule is Cn1ncc(-c2cc3c(cc2O)CCCCC3)c1N. The van der Waals surface area contributed by atoms with E-state index in [4.69, 9.17) is 5.73 Å². The van der Waals surface area contributed by atoms with Gasteiger partial charge in [-0.1, -0.05) is 6.42 Å². The van der Waals surface area contributed by atoms with Crippen LogP contribution in [-0.2, 0) is 19.9 Å². The van der Waals surface area contributed by atoms with Gasteiger partial charge in [-0.15, -0.1) is 0 Å². The number of nitrogens with zero attached hydrogens (tertiary/aromatic N) is 2. The Hall–Kier alpha value is -1.97. The second-order valence-electron chi connectivity index (χ2n) is 5.27. The molecule has 0 unspecified atom stereocenters. The second-order valence-corrected chi connectivity index (χ2v) is 5.27. The van der Waals surface area contributed by atoms with Crippen LogP contribution in [0.1, 0.15) is 30.4 Å². The van der Waals surface area contributed by atoms with Crippen LogP contribution in [0.4, 0.5) is 5.82 Å². The van der Waals surface area contributed by atoms with Gasteiger partial charge in [-0.3, -0.25) is 4.68 Å². The van der Waals surface area contributed by atoms with E-state index >= 15 is 0 Å². The maximum Gasteiger partial charge on any atom is 0.129 e. The van der Waals surface area contributed by atoms with Gasteiger partial charge >= 0.3 is 0 Å². The van der Waals surface area contributed by atoms with Gasteiger partial charge in [-0.2, -0.15) is 5.10 Å². The Labute approximate surface area is 112 Å². The summed E-state index contributed by atoms with van der Waals surface area (Å²) < 4.78 is 1.63. The molecule has 4 heteroatoms. The molecule has 3 rings (SSSR count). The zero-order valence-electron chi connectivity index (χ0n) is 11.2. The first-order valence-corrected chi connectivity index (χ1v) is 6.79. The van der Waals surface area contributed by atoms with Gasteiger partial charge in [-0.05, 0) is 48.9 Å². The molecule has 1 aromatic carbocycles. The van der Waals surface area contributed by atoms with Crippen molar-refractivity contribution in [3.63, 3.8) is 0 Å². The quantitative estimate of drug-likeness (QED) is 0.772. The van der Waals surface area contributed by atoms with E-state index in [1.54, 1.807) is 17.9 Å². The summed E-state index contributed by atoms with van der Waals surface area (Å²) in [4.78, 5) is 0. The number of nitrogens with two attached hydrogens (primary N) is 1. The van der Waals surface area contributed by atoms with Crippen LogP contribution >= 0.6 is 0 Å². The predicted molar refractivity (Wildman–Crippen MR) is 76.0 cm³/mol. The van der Waals surface area contributed by atoms with Crippen molar-refractivity contribution < 1.29 is 5.11 Å². The van der Waals surface area contributed by atoms with E-state index < -0.39 is 0 Å². The van der Waals surface area contributed by atoms with Crippen LogP contribution < -0.4 is 5.73 Å². The third kappa shape index (κ3) is 2.07. The number of hydrogen-bond acceptors (Lipinski definition) is 3. The van der Waals surface area contributed by atoms with Crippen LogP contribution in [0.15, 0.2) is 18.3 Å². The van der Waals surface area contributed by atoms with Crippen LogP contribution in [-0.4, -0.2) is 14.9 Å². The highest BCUT2D eigenvalue weighted by Gasteiger charge is 2.16. The molecule has 0 amide bonds. The predicted octanol–water partition coefficient (Wildman–Crippen LogP) is 2.64. The molecular formula is C15H19N3O. The number of rotatable bonds is 1. The van der Waals surface area contributed by atoms with E-state index in [1.165, 1.54) is 30.4 Å². The fourth-order valence-electron chi connectivity index (χ4n) is 2.82. The molecule has 0 saturated carbocycles. The summed E-state index contributed by atoms with van der Waals surface area (Å²) in [5, 5.41) is 14.4. The maximum absolute atomic E-state index is 10.3. The summed E-state index contributed by atoms with van der Waals surface area (Å²) in [7, 11) is 1.80. The van der Waals surface area contributed by atoms with Gasteiger partial charge in [0.05, 0.1) is 6.20 Å². The summed E-state index contributed by atoms with van der Waals surface area (Å²) in [6.45, 7) is 0. The molecule has 0 bridgehead atoms. The zero-order valence-corrected chi connectivity index (χ0v) is 11.2. The normalized spacial score (nSPS) is 15.0. The lowest BCUT2D eigenvalue weighted by Gasteiger charge is -2.11. The van der Waals surface area contributed by atoms with Crippen molar-refractivity contribution in [1.82, 2.24) is 9.78 Å². The first-order chi connectivity index (χ1) is 9.16. The van der Waals surface area contributed by atoms with E-state index in [2.05, 4.69) is 11.2 Å². The molecule has 3 N–H and O–H groups in total. The molecule has 1 heterocycles. The average Bonchev–Trinajstić information content (AvgIpc) is 2.62. The van der Waals surface area contributed by atoms with Crippen LogP contribution in [0.2, 0.25) is 0 Å². The monoisotopic (exact) mass is 257 g/mol. The van der Waals surface area contributed by atoms with Gasteiger partial charge in [0.15, 0.2) is 0 Å². The van der Waals surface area contributed by atoms with Gasteiger partial charge in [0.1, 0.15) is 11.6 Å². The molecule has 0 radical (unpaired) electrons. The highest BCUT2D eigenvalue weighted by molar-refractivity contribution is 5.79. The fraction of sp³-hybridized carbons (Fsp3) is 0.400. The number of benzene rings is 1. The Kier molecular flexibility index (Phi) is 2.93.